The molecule has 5 nitrogen and oxygen atoms in total. The molecule has 0 N–H and O–H groups in total. The van der Waals surface area contributed by atoms with Gasteiger partial charge in [-0.05, 0) is 64.7 Å². The quantitative estimate of drug-likeness (QED) is 0.444. The second-order valence-electron chi connectivity index (χ2n) is 7.63. The maximum Gasteiger partial charge on any atom is 0.350 e. The summed E-state index contributed by atoms with van der Waals surface area (Å²) in [6.07, 6.45) is 7.45. The lowest BCUT2D eigenvalue weighted by molar-refractivity contribution is 0.217. The van der Waals surface area contributed by atoms with Crippen LogP contribution in [0.2, 0.25) is 5.02 Å². The Hall–Kier alpha value is -2.81. The van der Waals surface area contributed by atoms with E-state index in [-0.39, 0.29) is 13.1 Å². The van der Waals surface area contributed by atoms with Crippen molar-refractivity contribution < 1.29 is 17.2 Å². The van der Waals surface area contributed by atoms with E-state index < -0.39 is 15.8 Å². The van der Waals surface area contributed by atoms with Crippen LogP contribution >= 0.6 is 11.6 Å². The number of halogens is 3. The summed E-state index contributed by atoms with van der Waals surface area (Å²) >= 11 is 6.31. The largest absolute Gasteiger partial charge is 0.369 e. The van der Waals surface area contributed by atoms with E-state index in [0.717, 1.165) is 32.2 Å². The molecule has 1 aliphatic heterocycles. The summed E-state index contributed by atoms with van der Waals surface area (Å²) in [5, 5.41) is 0.646. The van der Waals surface area contributed by atoms with Gasteiger partial charge < -0.3 is 4.90 Å². The molecule has 0 aliphatic carbocycles. The SMILES string of the molecule is O=S(=O)(C(F)F)N1CCN(c2ccc(/C=C/c3cc(Cl)cc(-c4ccncc4)c3)cc2)CC1. The van der Waals surface area contributed by atoms with Gasteiger partial charge in [0, 0.05) is 49.3 Å². The lowest BCUT2D eigenvalue weighted by Crippen LogP contribution is -2.50. The summed E-state index contributed by atoms with van der Waals surface area (Å²) in [6.45, 7) is 0.814. The first-order chi connectivity index (χ1) is 15.8. The molecular formula is C24H22ClF2N3O2S. The number of rotatable bonds is 6. The van der Waals surface area contributed by atoms with E-state index >= 15 is 0 Å². The molecule has 0 atom stereocenters. The van der Waals surface area contributed by atoms with Gasteiger partial charge >= 0.3 is 5.76 Å². The number of nitrogens with zero attached hydrogens (tertiary/aromatic N) is 3. The molecule has 3 aromatic rings. The third-order valence-corrected chi connectivity index (χ3v) is 7.24. The molecule has 1 fully saturated rings. The fourth-order valence-corrected chi connectivity index (χ4v) is 4.86. The Kier molecular flexibility index (Phi) is 7.07. The Labute approximate surface area is 197 Å². The molecular weight excluding hydrogens is 468 g/mol. The van der Waals surface area contributed by atoms with Crippen molar-refractivity contribution in [3.05, 3.63) is 83.1 Å². The van der Waals surface area contributed by atoms with Gasteiger partial charge in [0.1, 0.15) is 0 Å². The highest BCUT2D eigenvalue weighted by atomic mass is 35.5. The number of benzene rings is 2. The van der Waals surface area contributed by atoms with Gasteiger partial charge in [-0.25, -0.2) is 8.42 Å². The Balaban J connectivity index is 1.42. The summed E-state index contributed by atoms with van der Waals surface area (Å²) in [4.78, 5) is 6.03. The molecule has 0 amide bonds. The van der Waals surface area contributed by atoms with Crippen molar-refractivity contribution >= 4 is 39.5 Å². The van der Waals surface area contributed by atoms with Crippen molar-refractivity contribution in [1.29, 1.82) is 0 Å². The van der Waals surface area contributed by atoms with Crippen molar-refractivity contribution in [2.45, 2.75) is 5.76 Å². The maximum atomic E-state index is 12.7. The molecule has 33 heavy (non-hydrogen) atoms. The highest BCUT2D eigenvalue weighted by Crippen LogP contribution is 2.26. The number of hydrogen-bond acceptors (Lipinski definition) is 4. The van der Waals surface area contributed by atoms with E-state index in [1.165, 1.54) is 0 Å². The Bertz CT molecular complexity index is 1230. The van der Waals surface area contributed by atoms with Crippen molar-refractivity contribution in [3.8, 4) is 11.1 Å². The average Bonchev–Trinajstić information content (AvgIpc) is 2.83. The molecule has 1 saturated heterocycles. The molecule has 172 valence electrons. The maximum absolute atomic E-state index is 12.7. The number of pyridine rings is 1. The third-order valence-electron chi connectivity index (χ3n) is 5.48. The molecule has 1 aliphatic rings. The molecule has 2 heterocycles. The molecule has 0 bridgehead atoms. The second-order valence-corrected chi connectivity index (χ2v) is 9.96. The second kappa shape index (κ2) is 9.99. The van der Waals surface area contributed by atoms with Crippen molar-refractivity contribution in [2.24, 2.45) is 0 Å². The van der Waals surface area contributed by atoms with Crippen LogP contribution in [0.4, 0.5) is 14.5 Å². The molecule has 0 spiro atoms. The predicted molar refractivity (Wildman–Crippen MR) is 129 cm³/mol. The lowest BCUT2D eigenvalue weighted by atomic mass is 10.0. The van der Waals surface area contributed by atoms with Crippen LogP contribution in [0.1, 0.15) is 11.1 Å². The molecule has 9 heteroatoms. The first kappa shape index (κ1) is 23.4. The summed E-state index contributed by atoms with van der Waals surface area (Å²) in [5.41, 5.74) is 4.92. The van der Waals surface area contributed by atoms with Crippen LogP contribution < -0.4 is 4.90 Å². The van der Waals surface area contributed by atoms with Crippen LogP contribution in [0.3, 0.4) is 0 Å². The molecule has 0 unspecified atom stereocenters. The van der Waals surface area contributed by atoms with Gasteiger partial charge in [0.25, 0.3) is 10.0 Å². The van der Waals surface area contributed by atoms with Gasteiger partial charge in [-0.3, -0.25) is 4.98 Å². The first-order valence-corrected chi connectivity index (χ1v) is 12.2. The summed E-state index contributed by atoms with van der Waals surface area (Å²) in [6, 6.07) is 17.5. The topological polar surface area (TPSA) is 53.5 Å². The Morgan fingerprint density at radius 3 is 2.12 bits per heavy atom. The van der Waals surface area contributed by atoms with E-state index in [9.17, 15) is 17.2 Å². The molecule has 0 saturated carbocycles. The zero-order chi connectivity index (χ0) is 23.4. The van der Waals surface area contributed by atoms with E-state index in [4.69, 9.17) is 11.6 Å². The van der Waals surface area contributed by atoms with Crippen LogP contribution in [-0.2, 0) is 10.0 Å². The molecule has 4 rings (SSSR count). The van der Waals surface area contributed by atoms with Crippen LogP contribution in [0.15, 0.2) is 67.0 Å². The van der Waals surface area contributed by atoms with Crippen LogP contribution in [0, 0.1) is 0 Å². The minimum Gasteiger partial charge on any atom is -0.369 e. The zero-order valence-corrected chi connectivity index (χ0v) is 19.2. The highest BCUT2D eigenvalue weighted by molar-refractivity contribution is 7.89. The van der Waals surface area contributed by atoms with Gasteiger partial charge in [0.05, 0.1) is 0 Å². The van der Waals surface area contributed by atoms with Crippen molar-refractivity contribution in [1.82, 2.24) is 9.29 Å². The number of sulfonamides is 1. The lowest BCUT2D eigenvalue weighted by Gasteiger charge is -2.35. The number of anilines is 1. The molecule has 0 radical (unpaired) electrons. The normalized spacial score (nSPS) is 15.5. The van der Waals surface area contributed by atoms with Crippen LogP contribution in [-0.4, -0.2) is 49.6 Å². The van der Waals surface area contributed by atoms with E-state index in [1.54, 1.807) is 12.4 Å². The zero-order valence-electron chi connectivity index (χ0n) is 17.6. The predicted octanol–water partition coefficient (Wildman–Crippen LogP) is 5.25. The number of hydrogen-bond donors (Lipinski definition) is 0. The van der Waals surface area contributed by atoms with Gasteiger partial charge in [-0.2, -0.15) is 13.1 Å². The fraction of sp³-hybridized carbons (Fsp3) is 0.208. The van der Waals surface area contributed by atoms with Crippen LogP contribution in [0.5, 0.6) is 0 Å². The number of piperazine rings is 1. The first-order valence-electron chi connectivity index (χ1n) is 10.3. The third kappa shape index (κ3) is 5.58. The summed E-state index contributed by atoms with van der Waals surface area (Å²) in [5.74, 6) is -3.38. The Morgan fingerprint density at radius 1 is 0.848 bits per heavy atom. The standard InChI is InChI=1S/C24H22ClF2N3O2S/c25-22-16-19(15-21(17-22)20-7-9-28-10-8-20)2-1-18-3-5-23(6-4-18)29-11-13-30(14-12-29)33(31,32)24(26)27/h1-10,15-17,24H,11-14H2/b2-1+. The summed E-state index contributed by atoms with van der Waals surface area (Å²) in [7, 11) is -4.52. The highest BCUT2D eigenvalue weighted by Gasteiger charge is 2.34. The Morgan fingerprint density at radius 2 is 1.48 bits per heavy atom. The van der Waals surface area contributed by atoms with Crippen molar-refractivity contribution in [2.75, 3.05) is 31.1 Å². The van der Waals surface area contributed by atoms with Crippen LogP contribution in [0.25, 0.3) is 23.3 Å². The van der Waals surface area contributed by atoms with E-state index in [0.29, 0.717) is 18.1 Å². The van der Waals surface area contributed by atoms with Crippen molar-refractivity contribution in [3.63, 3.8) is 0 Å². The number of alkyl halides is 2. The van der Waals surface area contributed by atoms with Gasteiger partial charge in [-0.1, -0.05) is 35.9 Å². The van der Waals surface area contributed by atoms with Gasteiger partial charge in [-0.15, -0.1) is 0 Å². The monoisotopic (exact) mass is 489 g/mol. The fourth-order valence-electron chi connectivity index (χ4n) is 3.72. The molecule has 2 aromatic carbocycles. The van der Waals surface area contributed by atoms with E-state index in [2.05, 4.69) is 11.1 Å². The van der Waals surface area contributed by atoms with Gasteiger partial charge in [0.15, 0.2) is 0 Å². The number of aromatic nitrogens is 1. The van der Waals surface area contributed by atoms with Gasteiger partial charge in [0.2, 0.25) is 0 Å². The smallest absolute Gasteiger partial charge is 0.350 e. The van der Waals surface area contributed by atoms with E-state index in [1.807, 2.05) is 65.6 Å². The minimum absolute atomic E-state index is 0.0445. The molecule has 1 aromatic heterocycles. The average molecular weight is 490 g/mol. The summed E-state index contributed by atoms with van der Waals surface area (Å²) < 4.78 is 49.6. The minimum atomic E-state index is -4.52.